The van der Waals surface area contributed by atoms with E-state index in [-0.39, 0.29) is 0 Å². The summed E-state index contributed by atoms with van der Waals surface area (Å²) in [5, 5.41) is 0. The van der Waals surface area contributed by atoms with Crippen molar-refractivity contribution in [1.29, 1.82) is 0 Å². The number of hydrogen-bond acceptors (Lipinski definition) is 0. The zero-order valence-corrected chi connectivity index (χ0v) is 7.18. The summed E-state index contributed by atoms with van der Waals surface area (Å²) in [5.41, 5.74) is 0. The van der Waals surface area contributed by atoms with Gasteiger partial charge in [-0.25, -0.2) is 0 Å². The molecule has 1 unspecified atom stereocenters. The van der Waals surface area contributed by atoms with Crippen molar-refractivity contribution in [2.24, 2.45) is 17.8 Å². The van der Waals surface area contributed by atoms with Crippen molar-refractivity contribution in [2.75, 3.05) is 0 Å². The van der Waals surface area contributed by atoms with Crippen LogP contribution in [-0.4, -0.2) is 0 Å². The van der Waals surface area contributed by atoms with E-state index in [9.17, 15) is 0 Å². The van der Waals surface area contributed by atoms with Crippen molar-refractivity contribution < 1.29 is 0 Å². The van der Waals surface area contributed by atoms with Gasteiger partial charge < -0.3 is 0 Å². The lowest BCUT2D eigenvalue weighted by Crippen LogP contribution is -2.09. The molecule has 0 N–H and O–H groups in total. The highest BCUT2D eigenvalue weighted by molar-refractivity contribution is 5.14. The van der Waals surface area contributed by atoms with Crippen molar-refractivity contribution in [3.8, 4) is 0 Å². The monoisotopic (exact) mass is 149 g/mol. The molecule has 0 spiro atoms. The minimum absolute atomic E-state index is 1.11. The highest BCUT2D eigenvalue weighted by Crippen LogP contribution is 2.56. The van der Waals surface area contributed by atoms with E-state index in [1.165, 1.54) is 12.8 Å². The van der Waals surface area contributed by atoms with Gasteiger partial charge in [0.25, 0.3) is 0 Å². The summed E-state index contributed by atoms with van der Waals surface area (Å²) in [6.45, 7) is 0. The molecule has 0 aromatic heterocycles. The predicted octanol–water partition coefficient (Wildman–Crippen LogP) is 3.18. The van der Waals surface area contributed by atoms with Gasteiger partial charge in [-0.1, -0.05) is 6.42 Å². The zero-order valence-electron chi connectivity index (χ0n) is 7.18. The van der Waals surface area contributed by atoms with Gasteiger partial charge in [-0.2, -0.15) is 0 Å². The maximum Gasteiger partial charge on any atom is -0.0176 e. The molecule has 61 valence electrons. The lowest BCUT2D eigenvalue weighted by molar-refractivity contribution is 0.475. The molecule has 0 heterocycles. The fourth-order valence-corrected chi connectivity index (χ4v) is 2.89. The maximum atomic E-state index is 2.01. The minimum atomic E-state index is 1.11. The van der Waals surface area contributed by atoms with Crippen LogP contribution < -0.4 is 0 Å². The van der Waals surface area contributed by atoms with E-state index in [0.29, 0.717) is 0 Å². The molecule has 0 amide bonds. The molecular weight excluding hydrogens is 132 g/mol. The van der Waals surface area contributed by atoms with Crippen LogP contribution in [0, 0.1) is 23.7 Å². The van der Waals surface area contributed by atoms with Gasteiger partial charge in [0.1, 0.15) is 0 Å². The van der Waals surface area contributed by atoms with E-state index in [1.54, 1.807) is 32.1 Å². The van der Waals surface area contributed by atoms with Crippen molar-refractivity contribution >= 4 is 0 Å². The zero-order chi connectivity index (χ0) is 7.26. The molecule has 1 radical (unpaired) electrons. The Hall–Kier alpha value is 0. The molecule has 0 bridgehead atoms. The third kappa shape index (κ3) is 1.11. The lowest BCUT2D eigenvalue weighted by atomic mass is 9.88. The Bertz CT molecular complexity index is 135. The summed E-state index contributed by atoms with van der Waals surface area (Å²) in [5.74, 6) is 5.39. The van der Waals surface area contributed by atoms with Gasteiger partial charge >= 0.3 is 0 Å². The summed E-state index contributed by atoms with van der Waals surface area (Å²) in [4.78, 5) is 0. The summed E-state index contributed by atoms with van der Waals surface area (Å²) in [6, 6.07) is 0. The van der Waals surface area contributed by atoms with Crippen LogP contribution in [-0.2, 0) is 0 Å². The molecule has 11 heavy (non-hydrogen) atoms. The van der Waals surface area contributed by atoms with Crippen molar-refractivity contribution in [3.05, 3.63) is 5.92 Å². The van der Waals surface area contributed by atoms with Crippen LogP contribution in [0.25, 0.3) is 0 Å². The summed E-state index contributed by atoms with van der Waals surface area (Å²) in [6.07, 6.45) is 10.8. The van der Waals surface area contributed by atoms with E-state index in [4.69, 9.17) is 0 Å². The first-order valence-electron chi connectivity index (χ1n) is 5.31. The molecule has 0 aliphatic heterocycles. The van der Waals surface area contributed by atoms with Gasteiger partial charge in [-0.15, -0.1) is 0 Å². The van der Waals surface area contributed by atoms with E-state index < -0.39 is 0 Å². The van der Waals surface area contributed by atoms with E-state index in [2.05, 4.69) is 0 Å². The molecule has 1 atom stereocenters. The lowest BCUT2D eigenvalue weighted by Gasteiger charge is -2.17. The number of hydrogen-bond donors (Lipinski definition) is 0. The smallest absolute Gasteiger partial charge is 0.0176 e. The average Bonchev–Trinajstić information content (AvgIpc) is 2.91. The largest absolute Gasteiger partial charge is 0.0524 e. The Morgan fingerprint density at radius 1 is 0.909 bits per heavy atom. The first kappa shape index (κ1) is 6.51. The van der Waals surface area contributed by atoms with Gasteiger partial charge in [0.05, 0.1) is 0 Å². The van der Waals surface area contributed by atoms with E-state index >= 15 is 0 Å². The predicted molar refractivity (Wildman–Crippen MR) is 46.0 cm³/mol. The van der Waals surface area contributed by atoms with E-state index in [0.717, 1.165) is 17.8 Å². The normalized spacial score (nSPS) is 39.8. The van der Waals surface area contributed by atoms with Crippen LogP contribution in [0.1, 0.15) is 44.9 Å². The van der Waals surface area contributed by atoms with Gasteiger partial charge in [-0.3, -0.25) is 0 Å². The molecule has 0 aromatic carbocycles. The summed E-state index contributed by atoms with van der Waals surface area (Å²) < 4.78 is 0. The molecule has 3 rings (SSSR count). The summed E-state index contributed by atoms with van der Waals surface area (Å²) in [7, 11) is 0. The molecule has 3 fully saturated rings. The quantitative estimate of drug-likeness (QED) is 0.565. The minimum Gasteiger partial charge on any atom is -0.0524 e. The molecule has 3 saturated carbocycles. The van der Waals surface area contributed by atoms with Crippen LogP contribution >= 0.6 is 0 Å². The third-order valence-electron chi connectivity index (χ3n) is 3.75. The Morgan fingerprint density at radius 2 is 1.73 bits per heavy atom. The Morgan fingerprint density at radius 3 is 2.36 bits per heavy atom. The third-order valence-corrected chi connectivity index (χ3v) is 3.75. The average molecular weight is 149 g/mol. The van der Waals surface area contributed by atoms with Crippen molar-refractivity contribution in [2.45, 2.75) is 44.9 Å². The van der Waals surface area contributed by atoms with Crippen LogP contribution in [0.5, 0.6) is 0 Å². The molecular formula is C11H17. The Labute approximate surface area is 69.4 Å². The Kier molecular flexibility index (Phi) is 1.33. The molecule has 0 nitrogen and oxygen atoms in total. The SMILES string of the molecule is C1C[C](C2CC2)C(C2CC2)C1. The highest BCUT2D eigenvalue weighted by Gasteiger charge is 2.45. The molecule has 0 aromatic rings. The first-order chi connectivity index (χ1) is 5.45. The van der Waals surface area contributed by atoms with Gasteiger partial charge in [0.2, 0.25) is 0 Å². The molecule has 0 saturated heterocycles. The van der Waals surface area contributed by atoms with Crippen molar-refractivity contribution in [3.63, 3.8) is 0 Å². The van der Waals surface area contributed by atoms with Gasteiger partial charge in [-0.05, 0) is 62.2 Å². The number of rotatable bonds is 2. The van der Waals surface area contributed by atoms with Crippen LogP contribution in [0.15, 0.2) is 0 Å². The topological polar surface area (TPSA) is 0 Å². The molecule has 3 aliphatic carbocycles. The second-order valence-corrected chi connectivity index (χ2v) is 4.69. The second-order valence-electron chi connectivity index (χ2n) is 4.69. The Balaban J connectivity index is 1.69. The maximum absolute atomic E-state index is 2.01. The van der Waals surface area contributed by atoms with Crippen LogP contribution in [0.4, 0.5) is 0 Å². The van der Waals surface area contributed by atoms with E-state index in [1.807, 2.05) is 5.92 Å². The van der Waals surface area contributed by atoms with Crippen LogP contribution in [0.2, 0.25) is 0 Å². The molecule has 3 aliphatic rings. The van der Waals surface area contributed by atoms with Gasteiger partial charge in [0.15, 0.2) is 0 Å². The standard InChI is InChI=1S/C11H17/c1-2-10(8-4-5-8)11(3-1)9-6-7-9/h8-10H,1-7H2. The van der Waals surface area contributed by atoms with Crippen LogP contribution in [0.3, 0.4) is 0 Å². The second kappa shape index (κ2) is 2.24. The highest BCUT2D eigenvalue weighted by atomic mass is 14.5. The fourth-order valence-electron chi connectivity index (χ4n) is 2.89. The fraction of sp³-hybridized carbons (Fsp3) is 0.909. The van der Waals surface area contributed by atoms with Crippen molar-refractivity contribution in [1.82, 2.24) is 0 Å². The summed E-state index contributed by atoms with van der Waals surface area (Å²) >= 11 is 0. The molecule has 0 heteroatoms. The van der Waals surface area contributed by atoms with Gasteiger partial charge in [0, 0.05) is 0 Å². The first-order valence-corrected chi connectivity index (χ1v) is 5.31.